The van der Waals surface area contributed by atoms with Crippen molar-refractivity contribution in [3.05, 3.63) is 65.5 Å². The van der Waals surface area contributed by atoms with Gasteiger partial charge in [-0.15, -0.1) is 0 Å². The van der Waals surface area contributed by atoms with Crippen LogP contribution in [0.1, 0.15) is 24.2 Å². The molecule has 5 nitrogen and oxygen atoms in total. The van der Waals surface area contributed by atoms with E-state index in [1.807, 2.05) is 31.2 Å². The largest absolute Gasteiger partial charge is 0.497 e. The Hall–Kier alpha value is -2.60. The summed E-state index contributed by atoms with van der Waals surface area (Å²) in [7, 11) is 1.60. The van der Waals surface area contributed by atoms with Gasteiger partial charge in [0.05, 0.1) is 19.8 Å². The molecule has 0 amide bonds. The van der Waals surface area contributed by atoms with Gasteiger partial charge in [-0.25, -0.2) is 9.38 Å². The second-order valence-electron chi connectivity index (χ2n) is 5.49. The predicted octanol–water partition coefficient (Wildman–Crippen LogP) is 2.62. The van der Waals surface area contributed by atoms with Gasteiger partial charge in [-0.05, 0) is 42.3 Å². The van der Waals surface area contributed by atoms with Crippen LogP contribution in [0.3, 0.4) is 0 Å². The van der Waals surface area contributed by atoms with E-state index in [2.05, 4.69) is 15.6 Å². The minimum absolute atomic E-state index is 0.264. The molecule has 2 aromatic rings. The third-order valence-electron chi connectivity index (χ3n) is 3.64. The fourth-order valence-electron chi connectivity index (χ4n) is 2.24. The molecule has 0 bridgehead atoms. The maximum Gasteiger partial charge on any atom is 0.191 e. The van der Waals surface area contributed by atoms with Gasteiger partial charge < -0.3 is 20.5 Å². The van der Waals surface area contributed by atoms with Gasteiger partial charge in [0.1, 0.15) is 11.6 Å². The van der Waals surface area contributed by atoms with E-state index in [0.29, 0.717) is 25.6 Å². The van der Waals surface area contributed by atoms with Crippen LogP contribution >= 0.6 is 0 Å². The Morgan fingerprint density at radius 1 is 1.12 bits per heavy atom. The SMILES string of the molecule is CCNC(=NCc1ccc(F)cc1)NCC(O)c1ccc(OC)cc1. The average molecular weight is 345 g/mol. The Labute approximate surface area is 147 Å². The monoisotopic (exact) mass is 345 g/mol. The summed E-state index contributed by atoms with van der Waals surface area (Å²) in [6.45, 7) is 3.42. The number of aliphatic hydroxyl groups excluding tert-OH is 1. The van der Waals surface area contributed by atoms with Crippen LogP contribution < -0.4 is 15.4 Å². The number of guanidine groups is 1. The third kappa shape index (κ3) is 6.08. The fraction of sp³-hybridized carbons (Fsp3) is 0.316. The van der Waals surface area contributed by atoms with Crippen molar-refractivity contribution in [2.75, 3.05) is 20.2 Å². The molecule has 0 heterocycles. The van der Waals surface area contributed by atoms with Gasteiger partial charge in [0.25, 0.3) is 0 Å². The summed E-state index contributed by atoms with van der Waals surface area (Å²) >= 11 is 0. The molecule has 0 saturated heterocycles. The number of methoxy groups -OCH3 is 1. The smallest absolute Gasteiger partial charge is 0.191 e. The minimum Gasteiger partial charge on any atom is -0.497 e. The lowest BCUT2D eigenvalue weighted by Crippen LogP contribution is -2.39. The van der Waals surface area contributed by atoms with Crippen LogP contribution in [-0.2, 0) is 6.54 Å². The first-order valence-corrected chi connectivity index (χ1v) is 8.21. The zero-order valence-electron chi connectivity index (χ0n) is 14.5. The fourth-order valence-corrected chi connectivity index (χ4v) is 2.24. The van der Waals surface area contributed by atoms with Gasteiger partial charge in [0.2, 0.25) is 0 Å². The lowest BCUT2D eigenvalue weighted by Gasteiger charge is -2.16. The first-order chi connectivity index (χ1) is 12.1. The number of aliphatic imine (C=N–C) groups is 1. The standard InChI is InChI=1S/C19H24FN3O2/c1-3-21-19(22-12-14-4-8-16(20)9-5-14)23-13-18(24)15-6-10-17(25-2)11-7-15/h4-11,18,24H,3,12-13H2,1-2H3,(H2,21,22,23). The second-order valence-corrected chi connectivity index (χ2v) is 5.49. The number of nitrogens with one attached hydrogen (secondary N) is 2. The Bertz CT molecular complexity index is 672. The highest BCUT2D eigenvalue weighted by atomic mass is 19.1. The lowest BCUT2D eigenvalue weighted by molar-refractivity contribution is 0.180. The molecule has 0 saturated carbocycles. The van der Waals surface area contributed by atoms with Crippen molar-refractivity contribution in [2.45, 2.75) is 19.6 Å². The molecule has 6 heteroatoms. The molecule has 1 atom stereocenters. The molecule has 0 fully saturated rings. The van der Waals surface area contributed by atoms with E-state index >= 15 is 0 Å². The van der Waals surface area contributed by atoms with Crippen molar-refractivity contribution in [3.63, 3.8) is 0 Å². The Morgan fingerprint density at radius 3 is 2.40 bits per heavy atom. The lowest BCUT2D eigenvalue weighted by atomic mass is 10.1. The van der Waals surface area contributed by atoms with E-state index in [4.69, 9.17) is 4.74 Å². The molecular formula is C19H24FN3O2. The van der Waals surface area contributed by atoms with Gasteiger partial charge in [-0.1, -0.05) is 24.3 Å². The highest BCUT2D eigenvalue weighted by Gasteiger charge is 2.08. The number of benzene rings is 2. The van der Waals surface area contributed by atoms with Crippen LogP contribution in [0.25, 0.3) is 0 Å². The maximum atomic E-state index is 12.9. The van der Waals surface area contributed by atoms with Gasteiger partial charge in [-0.3, -0.25) is 0 Å². The van der Waals surface area contributed by atoms with E-state index < -0.39 is 6.10 Å². The summed E-state index contributed by atoms with van der Waals surface area (Å²) in [6.07, 6.45) is -0.666. The number of ether oxygens (including phenoxy) is 1. The molecule has 0 radical (unpaired) electrons. The quantitative estimate of drug-likeness (QED) is 0.533. The van der Waals surface area contributed by atoms with Crippen molar-refractivity contribution in [1.82, 2.24) is 10.6 Å². The topological polar surface area (TPSA) is 65.9 Å². The zero-order chi connectivity index (χ0) is 18.1. The Morgan fingerprint density at radius 2 is 1.80 bits per heavy atom. The van der Waals surface area contributed by atoms with Crippen LogP contribution in [0.15, 0.2) is 53.5 Å². The molecule has 1 unspecified atom stereocenters. The van der Waals surface area contributed by atoms with E-state index in [-0.39, 0.29) is 5.82 Å². The summed E-state index contributed by atoms with van der Waals surface area (Å²) in [4.78, 5) is 4.45. The summed E-state index contributed by atoms with van der Waals surface area (Å²) in [5.41, 5.74) is 1.71. The Balaban J connectivity index is 1.93. The van der Waals surface area contributed by atoms with E-state index in [9.17, 15) is 9.50 Å². The second kappa shape index (κ2) is 9.64. The number of nitrogens with zero attached hydrogens (tertiary/aromatic N) is 1. The molecule has 25 heavy (non-hydrogen) atoms. The molecule has 0 aliphatic rings. The number of rotatable bonds is 7. The van der Waals surface area contributed by atoms with Crippen molar-refractivity contribution >= 4 is 5.96 Å². The molecule has 3 N–H and O–H groups in total. The highest BCUT2D eigenvalue weighted by molar-refractivity contribution is 5.79. The summed E-state index contributed by atoms with van der Waals surface area (Å²) in [5.74, 6) is 1.08. The number of hydrogen-bond donors (Lipinski definition) is 3. The molecule has 134 valence electrons. The van der Waals surface area contributed by atoms with Gasteiger partial charge in [0.15, 0.2) is 5.96 Å². The number of hydrogen-bond acceptors (Lipinski definition) is 3. The zero-order valence-corrected chi connectivity index (χ0v) is 14.5. The van der Waals surface area contributed by atoms with Crippen molar-refractivity contribution in [1.29, 1.82) is 0 Å². The number of halogens is 1. The summed E-state index contributed by atoms with van der Waals surface area (Å²) < 4.78 is 18.0. The van der Waals surface area contributed by atoms with Crippen molar-refractivity contribution in [2.24, 2.45) is 4.99 Å². The normalized spacial score (nSPS) is 12.6. The van der Waals surface area contributed by atoms with Gasteiger partial charge in [0, 0.05) is 13.1 Å². The van der Waals surface area contributed by atoms with Crippen LogP contribution in [0.2, 0.25) is 0 Å². The predicted molar refractivity (Wildman–Crippen MR) is 97.2 cm³/mol. The average Bonchev–Trinajstić information content (AvgIpc) is 2.65. The summed E-state index contributed by atoms with van der Waals surface area (Å²) in [5, 5.41) is 16.5. The van der Waals surface area contributed by atoms with Gasteiger partial charge >= 0.3 is 0 Å². The molecule has 0 spiro atoms. The van der Waals surface area contributed by atoms with Crippen LogP contribution in [0.5, 0.6) is 5.75 Å². The molecule has 0 aromatic heterocycles. The van der Waals surface area contributed by atoms with E-state index in [1.165, 1.54) is 12.1 Å². The number of aliphatic hydroxyl groups is 1. The molecule has 2 aromatic carbocycles. The summed E-state index contributed by atoms with van der Waals surface area (Å²) in [6, 6.07) is 13.5. The van der Waals surface area contributed by atoms with E-state index in [0.717, 1.165) is 16.9 Å². The van der Waals surface area contributed by atoms with E-state index in [1.54, 1.807) is 19.2 Å². The highest BCUT2D eigenvalue weighted by Crippen LogP contribution is 2.16. The maximum absolute atomic E-state index is 12.9. The molecular weight excluding hydrogens is 321 g/mol. The Kier molecular flexibility index (Phi) is 7.22. The van der Waals surface area contributed by atoms with Crippen molar-refractivity contribution < 1.29 is 14.2 Å². The molecule has 0 aliphatic heterocycles. The first-order valence-electron chi connectivity index (χ1n) is 8.21. The van der Waals surface area contributed by atoms with Crippen molar-refractivity contribution in [3.8, 4) is 5.75 Å². The van der Waals surface area contributed by atoms with Crippen LogP contribution in [0, 0.1) is 5.82 Å². The molecule has 0 aliphatic carbocycles. The van der Waals surface area contributed by atoms with Crippen LogP contribution in [0.4, 0.5) is 4.39 Å². The van der Waals surface area contributed by atoms with Gasteiger partial charge in [-0.2, -0.15) is 0 Å². The first kappa shape index (κ1) is 18.7. The minimum atomic E-state index is -0.666. The third-order valence-corrected chi connectivity index (χ3v) is 3.64. The van der Waals surface area contributed by atoms with Crippen LogP contribution in [-0.4, -0.2) is 31.3 Å². The molecule has 2 rings (SSSR count).